The van der Waals surface area contributed by atoms with Crippen molar-refractivity contribution in [3.8, 4) is 0 Å². The van der Waals surface area contributed by atoms with Gasteiger partial charge in [0.15, 0.2) is 0 Å². The molecule has 0 aromatic carbocycles. The zero-order valence-corrected chi connectivity index (χ0v) is 44.4. The van der Waals surface area contributed by atoms with Gasteiger partial charge in [-0.2, -0.15) is 18.7 Å². The van der Waals surface area contributed by atoms with Gasteiger partial charge in [-0.1, -0.05) is 48.0 Å². The summed E-state index contributed by atoms with van der Waals surface area (Å²) in [4.78, 5) is 8.18. The van der Waals surface area contributed by atoms with Gasteiger partial charge in [-0.25, -0.2) is 0 Å². The summed E-state index contributed by atoms with van der Waals surface area (Å²) < 4.78 is 50.6. The maximum absolute atomic E-state index is 11.3. The Morgan fingerprint density at radius 1 is 0.797 bits per heavy atom. The van der Waals surface area contributed by atoms with Gasteiger partial charge in [-0.3, -0.25) is 0 Å². The van der Waals surface area contributed by atoms with Crippen molar-refractivity contribution < 1.29 is 53.6 Å². The fourth-order valence-corrected chi connectivity index (χ4v) is 10.3. The van der Waals surface area contributed by atoms with Crippen molar-refractivity contribution in [1.82, 2.24) is 29.3 Å². The molecule has 1 aliphatic carbocycles. The lowest BCUT2D eigenvalue weighted by atomic mass is 9.84. The molecule has 3 aliphatic heterocycles. The molecule has 1 unspecified atom stereocenters. The summed E-state index contributed by atoms with van der Waals surface area (Å²) >= 11 is 13.9. The van der Waals surface area contributed by atoms with E-state index in [2.05, 4.69) is 87.6 Å². The van der Waals surface area contributed by atoms with E-state index in [0.29, 0.717) is 68.5 Å². The van der Waals surface area contributed by atoms with E-state index in [0.717, 1.165) is 41.7 Å². The minimum atomic E-state index is -1.31. The number of anilines is 2. The Hall–Kier alpha value is -1.84. The van der Waals surface area contributed by atoms with E-state index in [1.165, 1.54) is 6.42 Å². The Balaban J connectivity index is 0.907. The second-order valence-electron chi connectivity index (χ2n) is 22.0. The standard InChI is InChI=1S/C45H77Cl2N9O11S2/c1-40(2,20-62-21-42(5,6)22-63-26-45-13-12-29(67-45)31(33(58)35(45)60)52-39-54-37(47)56-69-39)18-49-30(16-27-10-9-11-27)50-19-41(3,4)23-66-43(7,48)24-64-25-44(14-15-61-8)34(59)32(57)28(17-65-44)51-38-53-36(46)55-68-38/h16,27-29,31-35,49-50,57-60H,9-15,17-26,48H2,1-8H3,(H,51,53,55)(H,52,54,56)/b30-16-/t28-,29+,31-,32+,33+,34+,35+,43?,44+,45+/m0/s1. The first-order valence-electron chi connectivity index (χ1n) is 23.8. The molecule has 5 heterocycles. The maximum Gasteiger partial charge on any atom is 0.236 e. The summed E-state index contributed by atoms with van der Waals surface area (Å²) in [6.07, 6.45) is 2.25. The van der Waals surface area contributed by atoms with E-state index in [1.807, 2.05) is 0 Å². The Morgan fingerprint density at radius 2 is 1.41 bits per heavy atom. The van der Waals surface area contributed by atoms with Crippen LogP contribution >= 0.6 is 46.3 Å². The minimum absolute atomic E-state index is 0.00636. The van der Waals surface area contributed by atoms with Crippen LogP contribution in [0.25, 0.3) is 0 Å². The monoisotopic (exact) mass is 1050 g/mol. The number of nitrogens with one attached hydrogen (secondary N) is 4. The van der Waals surface area contributed by atoms with Gasteiger partial charge in [0.05, 0.1) is 76.9 Å². The summed E-state index contributed by atoms with van der Waals surface area (Å²) in [5.41, 5.74) is 2.35. The third-order valence-corrected chi connectivity index (χ3v) is 15.1. The predicted molar refractivity (Wildman–Crippen MR) is 264 cm³/mol. The van der Waals surface area contributed by atoms with Gasteiger partial charge >= 0.3 is 0 Å². The van der Waals surface area contributed by atoms with Crippen molar-refractivity contribution in [2.45, 2.75) is 147 Å². The van der Waals surface area contributed by atoms with E-state index < -0.39 is 53.4 Å². The number of allylic oxidation sites excluding steroid dienone is 1. The molecular weight excluding hydrogens is 978 g/mol. The Bertz CT molecular complexity index is 1950. The molecule has 0 spiro atoms. The molecule has 2 bridgehead atoms. The van der Waals surface area contributed by atoms with Crippen LogP contribution in [0.4, 0.5) is 10.3 Å². The largest absolute Gasteiger partial charge is 0.388 e. The van der Waals surface area contributed by atoms with Gasteiger partial charge in [0.1, 0.15) is 41.3 Å². The molecule has 10 N–H and O–H groups in total. The first kappa shape index (κ1) is 56.5. The van der Waals surface area contributed by atoms with Crippen LogP contribution in [0.2, 0.25) is 10.6 Å². The number of fused-ring (bicyclic) bond motifs is 2. The molecule has 394 valence electrons. The summed E-state index contributed by atoms with van der Waals surface area (Å²) in [6.45, 7) is 17.9. The molecule has 10 atom stereocenters. The molecule has 2 aromatic rings. The van der Waals surface area contributed by atoms with Gasteiger partial charge in [-0.05, 0) is 67.8 Å². The van der Waals surface area contributed by atoms with Crippen LogP contribution in [0, 0.1) is 22.2 Å². The Kier molecular flexibility index (Phi) is 19.6. The molecule has 0 amide bonds. The predicted octanol–water partition coefficient (Wildman–Crippen LogP) is 3.78. The molecule has 4 aliphatic rings. The van der Waals surface area contributed by atoms with Crippen LogP contribution in [-0.2, 0) is 33.2 Å². The summed E-state index contributed by atoms with van der Waals surface area (Å²) in [6, 6.07) is -1.20. The molecule has 20 nitrogen and oxygen atoms in total. The van der Waals surface area contributed by atoms with Crippen molar-refractivity contribution in [1.29, 1.82) is 0 Å². The van der Waals surface area contributed by atoms with Crippen LogP contribution in [0.15, 0.2) is 11.9 Å². The fraction of sp³-hybridized carbons (Fsp3) is 0.867. The minimum Gasteiger partial charge on any atom is -0.388 e. The lowest BCUT2D eigenvalue weighted by Gasteiger charge is -2.46. The lowest BCUT2D eigenvalue weighted by Crippen LogP contribution is -2.65. The second kappa shape index (κ2) is 24.0. The topological polar surface area (TPSA) is 271 Å². The summed E-state index contributed by atoms with van der Waals surface area (Å²) in [7, 11) is 1.56. The molecule has 2 aromatic heterocycles. The number of hydrogen-bond donors (Lipinski definition) is 9. The van der Waals surface area contributed by atoms with Gasteiger partial charge in [-0.15, -0.1) is 0 Å². The van der Waals surface area contributed by atoms with E-state index >= 15 is 0 Å². The third-order valence-electron chi connectivity index (χ3n) is 13.2. The quantitative estimate of drug-likeness (QED) is 0.0525. The molecule has 3 saturated heterocycles. The lowest BCUT2D eigenvalue weighted by molar-refractivity contribution is -0.234. The summed E-state index contributed by atoms with van der Waals surface area (Å²) in [5, 5.41) is 59.3. The van der Waals surface area contributed by atoms with Gasteiger partial charge in [0.2, 0.25) is 20.8 Å². The Morgan fingerprint density at radius 3 is 2.01 bits per heavy atom. The van der Waals surface area contributed by atoms with Crippen molar-refractivity contribution >= 4 is 56.5 Å². The number of hydrogen-bond acceptors (Lipinski definition) is 22. The van der Waals surface area contributed by atoms with Crippen LogP contribution < -0.4 is 27.0 Å². The molecule has 1 saturated carbocycles. The number of ether oxygens (including phenoxy) is 7. The van der Waals surface area contributed by atoms with E-state index in [1.54, 1.807) is 14.0 Å². The van der Waals surface area contributed by atoms with Crippen LogP contribution in [0.1, 0.15) is 87.0 Å². The van der Waals surface area contributed by atoms with Crippen molar-refractivity contribution in [2.75, 3.05) is 90.3 Å². The average molecular weight is 1060 g/mol. The normalized spacial score (nSPS) is 30.0. The number of nitrogens with two attached hydrogens (primary N) is 1. The SMILES string of the molecule is COCC[C@]1(COCC(C)(N)OCC(C)(C)CN/C(=C\C2CCC2)NCC(C)(C)COCC(C)(C)COC[C@@]23CC[C@@H](O2)[C@H](Nc2nc(Cl)ns2)[C@@H](O)[C@H]3O)OC[C@H](Nc2nc(Cl)ns2)[C@@H](O)[C@H]1O. The van der Waals surface area contributed by atoms with Crippen molar-refractivity contribution in [2.24, 2.45) is 27.9 Å². The number of aromatic nitrogens is 4. The number of halogens is 2. The number of aliphatic hydroxyl groups excluding tert-OH is 4. The average Bonchev–Trinajstić information content (AvgIpc) is 4.00. The number of nitrogens with zero attached hydrogens (tertiary/aromatic N) is 4. The third kappa shape index (κ3) is 15.8. The van der Waals surface area contributed by atoms with Crippen molar-refractivity contribution in [3.63, 3.8) is 0 Å². The molecule has 24 heteroatoms. The Labute approximate surface area is 424 Å². The molecule has 6 rings (SSSR count). The highest BCUT2D eigenvalue weighted by Crippen LogP contribution is 2.43. The molecule has 0 radical (unpaired) electrons. The molecule has 69 heavy (non-hydrogen) atoms. The van der Waals surface area contributed by atoms with E-state index in [-0.39, 0.29) is 72.4 Å². The number of aliphatic hydroxyl groups is 4. The first-order valence-corrected chi connectivity index (χ1v) is 26.1. The number of methoxy groups -OCH3 is 1. The zero-order valence-electron chi connectivity index (χ0n) is 41.3. The van der Waals surface area contributed by atoms with Gasteiger partial charge in [0.25, 0.3) is 0 Å². The second-order valence-corrected chi connectivity index (χ2v) is 24.1. The smallest absolute Gasteiger partial charge is 0.236 e. The van der Waals surface area contributed by atoms with Crippen molar-refractivity contribution in [3.05, 3.63) is 22.5 Å². The van der Waals surface area contributed by atoms with Crippen LogP contribution in [0.5, 0.6) is 0 Å². The van der Waals surface area contributed by atoms with Crippen LogP contribution in [-0.4, -0.2) is 178 Å². The van der Waals surface area contributed by atoms with E-state index in [9.17, 15) is 20.4 Å². The zero-order chi connectivity index (χ0) is 50.3. The molecular formula is C45H77Cl2N9O11S2. The molecule has 4 fully saturated rings. The maximum atomic E-state index is 11.3. The van der Waals surface area contributed by atoms with E-state index in [4.69, 9.17) is 62.1 Å². The number of rotatable bonds is 29. The highest BCUT2D eigenvalue weighted by molar-refractivity contribution is 7.10. The fourth-order valence-electron chi connectivity index (χ4n) is 8.76. The van der Waals surface area contributed by atoms with Gasteiger partial charge in [0, 0.05) is 72.5 Å². The first-order chi connectivity index (χ1) is 32.4. The summed E-state index contributed by atoms with van der Waals surface area (Å²) in [5.74, 6) is 1.49. The van der Waals surface area contributed by atoms with Gasteiger partial charge < -0.3 is 80.6 Å². The highest BCUT2D eigenvalue weighted by atomic mass is 35.5. The van der Waals surface area contributed by atoms with Crippen LogP contribution in [0.3, 0.4) is 0 Å². The highest BCUT2D eigenvalue weighted by Gasteiger charge is 2.58.